The van der Waals surface area contributed by atoms with Crippen LogP contribution in [0.4, 0.5) is 10.1 Å². The van der Waals surface area contributed by atoms with Gasteiger partial charge in [-0.05, 0) is 29.8 Å². The molecule has 3 rings (SSSR count). The van der Waals surface area contributed by atoms with Crippen LogP contribution < -0.4 is 5.32 Å². The zero-order valence-electron chi connectivity index (χ0n) is 16.1. The van der Waals surface area contributed by atoms with E-state index in [1.165, 1.54) is 29.5 Å². The van der Waals surface area contributed by atoms with E-state index in [0.717, 1.165) is 16.6 Å². The van der Waals surface area contributed by atoms with Gasteiger partial charge >= 0.3 is 0 Å². The first kappa shape index (κ1) is 22.4. The number of aromatic nitrogens is 3. The highest BCUT2D eigenvalue weighted by Crippen LogP contribution is 2.23. The maximum atomic E-state index is 13.7. The lowest BCUT2D eigenvalue weighted by atomic mass is 10.2. The van der Waals surface area contributed by atoms with Crippen LogP contribution in [0.3, 0.4) is 0 Å². The van der Waals surface area contributed by atoms with Gasteiger partial charge in [-0.25, -0.2) is 4.39 Å². The van der Waals surface area contributed by atoms with Crippen LogP contribution in [0, 0.1) is 5.82 Å². The van der Waals surface area contributed by atoms with Crippen LogP contribution in [0.1, 0.15) is 11.4 Å². The number of para-hydroxylation sites is 1. The molecule has 0 radical (unpaired) electrons. The van der Waals surface area contributed by atoms with Crippen LogP contribution in [0.5, 0.6) is 0 Å². The SMILES string of the molecule is C=CCn1c(CSCc2ccc(Cl)cc2)nnc1SCC(=O)Nc1ccccc1F. The van der Waals surface area contributed by atoms with Crippen molar-refractivity contribution >= 4 is 46.7 Å². The first-order valence-electron chi connectivity index (χ1n) is 9.09. The third-order valence-electron chi connectivity index (χ3n) is 4.00. The fraction of sp³-hybridized carbons (Fsp3) is 0.190. The van der Waals surface area contributed by atoms with Gasteiger partial charge in [0.1, 0.15) is 11.6 Å². The first-order chi connectivity index (χ1) is 14.6. The molecule has 156 valence electrons. The van der Waals surface area contributed by atoms with E-state index in [1.54, 1.807) is 30.0 Å². The van der Waals surface area contributed by atoms with Gasteiger partial charge in [0.15, 0.2) is 5.16 Å². The minimum atomic E-state index is -0.467. The second-order valence-electron chi connectivity index (χ2n) is 6.23. The fourth-order valence-corrected chi connectivity index (χ4v) is 4.38. The van der Waals surface area contributed by atoms with Gasteiger partial charge in [-0.2, -0.15) is 0 Å². The van der Waals surface area contributed by atoms with Gasteiger partial charge in [-0.1, -0.05) is 53.7 Å². The number of rotatable bonds is 10. The molecule has 0 aliphatic heterocycles. The van der Waals surface area contributed by atoms with Gasteiger partial charge in [0.05, 0.1) is 17.2 Å². The van der Waals surface area contributed by atoms with E-state index in [1.807, 2.05) is 28.8 Å². The molecule has 3 aromatic rings. The Hall–Kier alpha value is -2.29. The number of thioether (sulfide) groups is 2. The second kappa shape index (κ2) is 11.2. The molecule has 0 fully saturated rings. The molecule has 1 aromatic heterocycles. The molecule has 1 amide bonds. The summed E-state index contributed by atoms with van der Waals surface area (Å²) < 4.78 is 15.6. The third-order valence-corrected chi connectivity index (χ3v) is 6.22. The number of anilines is 1. The van der Waals surface area contributed by atoms with E-state index >= 15 is 0 Å². The number of amides is 1. The maximum Gasteiger partial charge on any atom is 0.234 e. The lowest BCUT2D eigenvalue weighted by molar-refractivity contribution is -0.113. The molecule has 0 atom stereocenters. The number of carbonyl (C=O) groups is 1. The van der Waals surface area contributed by atoms with E-state index in [9.17, 15) is 9.18 Å². The molecule has 2 aromatic carbocycles. The highest BCUT2D eigenvalue weighted by atomic mass is 35.5. The van der Waals surface area contributed by atoms with E-state index < -0.39 is 5.82 Å². The normalized spacial score (nSPS) is 10.7. The fourth-order valence-electron chi connectivity index (χ4n) is 2.56. The van der Waals surface area contributed by atoms with Crippen molar-refractivity contribution in [3.63, 3.8) is 0 Å². The number of nitrogens with one attached hydrogen (secondary N) is 1. The molecule has 0 aliphatic rings. The molecule has 1 N–H and O–H groups in total. The Morgan fingerprint density at radius 3 is 2.67 bits per heavy atom. The monoisotopic (exact) mass is 462 g/mol. The van der Waals surface area contributed by atoms with Crippen molar-refractivity contribution < 1.29 is 9.18 Å². The van der Waals surface area contributed by atoms with Crippen LogP contribution >= 0.6 is 35.1 Å². The van der Waals surface area contributed by atoms with Gasteiger partial charge in [0.25, 0.3) is 0 Å². The molecule has 0 spiro atoms. The second-order valence-corrected chi connectivity index (χ2v) is 8.60. The maximum absolute atomic E-state index is 13.7. The van der Waals surface area contributed by atoms with E-state index in [4.69, 9.17) is 11.6 Å². The average molecular weight is 463 g/mol. The Balaban J connectivity index is 1.56. The van der Waals surface area contributed by atoms with Gasteiger partial charge in [0.2, 0.25) is 5.91 Å². The molecule has 1 heterocycles. The number of halogens is 2. The molecule has 0 bridgehead atoms. The predicted molar refractivity (Wildman–Crippen MR) is 122 cm³/mol. The summed E-state index contributed by atoms with van der Waals surface area (Å²) in [5, 5.41) is 12.4. The summed E-state index contributed by atoms with van der Waals surface area (Å²) >= 11 is 8.89. The summed E-state index contributed by atoms with van der Waals surface area (Å²) in [5.74, 6) is 1.63. The molecule has 0 aliphatic carbocycles. The topological polar surface area (TPSA) is 59.8 Å². The Labute approximate surface area is 188 Å². The molecule has 9 heteroatoms. The lowest BCUT2D eigenvalue weighted by Crippen LogP contribution is -2.15. The summed E-state index contributed by atoms with van der Waals surface area (Å²) in [5.41, 5.74) is 1.34. The Kier molecular flexibility index (Phi) is 8.36. The zero-order valence-corrected chi connectivity index (χ0v) is 18.4. The average Bonchev–Trinajstić information content (AvgIpc) is 3.12. The van der Waals surface area contributed by atoms with Gasteiger partial charge in [-0.15, -0.1) is 28.5 Å². The summed E-state index contributed by atoms with van der Waals surface area (Å²) in [6.45, 7) is 4.33. The number of carbonyl (C=O) groups excluding carboxylic acids is 1. The predicted octanol–water partition coefficient (Wildman–Crippen LogP) is 5.42. The largest absolute Gasteiger partial charge is 0.323 e. The summed E-state index contributed by atoms with van der Waals surface area (Å²) in [4.78, 5) is 12.2. The quantitative estimate of drug-likeness (QED) is 0.322. The van der Waals surface area contributed by atoms with Gasteiger partial charge in [-0.3, -0.25) is 4.79 Å². The van der Waals surface area contributed by atoms with Crippen LogP contribution in [-0.2, 0) is 22.8 Å². The van der Waals surface area contributed by atoms with Crippen molar-refractivity contribution in [3.8, 4) is 0 Å². The minimum Gasteiger partial charge on any atom is -0.323 e. The molecular formula is C21H20ClFN4OS2. The van der Waals surface area contributed by atoms with Crippen molar-refractivity contribution in [2.75, 3.05) is 11.1 Å². The first-order valence-corrected chi connectivity index (χ1v) is 11.6. The van der Waals surface area contributed by atoms with E-state index in [-0.39, 0.29) is 17.3 Å². The summed E-state index contributed by atoms with van der Waals surface area (Å²) in [7, 11) is 0. The number of allylic oxidation sites excluding steroid dienone is 1. The highest BCUT2D eigenvalue weighted by molar-refractivity contribution is 7.99. The van der Waals surface area contributed by atoms with Gasteiger partial charge in [0, 0.05) is 17.3 Å². The minimum absolute atomic E-state index is 0.0987. The number of nitrogens with zero attached hydrogens (tertiary/aromatic N) is 3. The highest BCUT2D eigenvalue weighted by Gasteiger charge is 2.14. The Morgan fingerprint density at radius 1 is 1.17 bits per heavy atom. The molecule has 30 heavy (non-hydrogen) atoms. The third kappa shape index (κ3) is 6.35. The lowest BCUT2D eigenvalue weighted by Gasteiger charge is -2.08. The van der Waals surface area contributed by atoms with Crippen molar-refractivity contribution in [3.05, 3.63) is 83.4 Å². The summed E-state index contributed by atoms with van der Waals surface area (Å²) in [6.07, 6.45) is 1.76. The van der Waals surface area contributed by atoms with Crippen molar-refractivity contribution in [1.29, 1.82) is 0 Å². The van der Waals surface area contributed by atoms with Crippen LogP contribution in [0.15, 0.2) is 66.3 Å². The van der Waals surface area contributed by atoms with E-state index in [0.29, 0.717) is 17.5 Å². The van der Waals surface area contributed by atoms with Gasteiger partial charge < -0.3 is 9.88 Å². The zero-order chi connectivity index (χ0) is 21.3. The van der Waals surface area contributed by atoms with Crippen LogP contribution in [0.25, 0.3) is 0 Å². The van der Waals surface area contributed by atoms with E-state index in [2.05, 4.69) is 22.1 Å². The Bertz CT molecular complexity index is 1010. The Morgan fingerprint density at radius 2 is 1.93 bits per heavy atom. The van der Waals surface area contributed by atoms with Crippen LogP contribution in [0.2, 0.25) is 5.02 Å². The van der Waals surface area contributed by atoms with Crippen molar-refractivity contribution in [2.45, 2.75) is 23.2 Å². The van der Waals surface area contributed by atoms with Crippen LogP contribution in [-0.4, -0.2) is 26.4 Å². The number of benzene rings is 2. The number of hydrogen-bond donors (Lipinski definition) is 1. The van der Waals surface area contributed by atoms with Crippen molar-refractivity contribution in [1.82, 2.24) is 14.8 Å². The van der Waals surface area contributed by atoms with Crippen molar-refractivity contribution in [2.24, 2.45) is 0 Å². The number of hydrogen-bond acceptors (Lipinski definition) is 5. The molecule has 0 unspecified atom stereocenters. The molecule has 0 saturated carbocycles. The molecule has 5 nitrogen and oxygen atoms in total. The molecular weight excluding hydrogens is 443 g/mol. The molecule has 0 saturated heterocycles. The summed E-state index contributed by atoms with van der Waals surface area (Å²) in [6, 6.07) is 13.8. The smallest absolute Gasteiger partial charge is 0.234 e. The standard InChI is InChI=1S/C21H20ClFN4OS2/c1-2-11-27-19(13-29-12-15-7-9-16(22)10-8-15)25-26-21(27)30-14-20(28)24-18-6-4-3-5-17(18)23/h2-10H,1,11-14H2,(H,24,28).